The molecule has 2 rings (SSSR count). The van der Waals surface area contributed by atoms with Crippen molar-refractivity contribution in [3.05, 3.63) is 33.4 Å². The van der Waals surface area contributed by atoms with Crippen molar-refractivity contribution in [3.63, 3.8) is 0 Å². The average Bonchev–Trinajstić information content (AvgIpc) is 2.79. The third-order valence-corrected chi connectivity index (χ3v) is 4.84. The Labute approximate surface area is 159 Å². The number of nitrogen functional groups attached to an aromatic ring is 1. The quantitative estimate of drug-likeness (QED) is 0.703. The zero-order valence-corrected chi connectivity index (χ0v) is 14.9. The van der Waals surface area contributed by atoms with E-state index in [2.05, 4.69) is 5.10 Å². The SMILES string of the molecule is N#Cc1nn(-c2c(Cl)cc(CC(F)(F)F)cc2Cl)c(N)c1S(=O)C(F)(F)F. The van der Waals surface area contributed by atoms with Crippen LogP contribution in [-0.2, 0) is 17.2 Å². The molecular formula is C13H6Cl2F6N4OS. The van der Waals surface area contributed by atoms with Gasteiger partial charge in [-0.25, -0.2) is 8.89 Å². The van der Waals surface area contributed by atoms with Gasteiger partial charge in [0.1, 0.15) is 22.5 Å². The lowest BCUT2D eigenvalue weighted by atomic mass is 10.1. The predicted molar refractivity (Wildman–Crippen MR) is 84.9 cm³/mol. The summed E-state index contributed by atoms with van der Waals surface area (Å²) in [5.41, 5.74) is -1.24. The molecule has 0 saturated heterocycles. The van der Waals surface area contributed by atoms with Gasteiger partial charge in [-0.1, -0.05) is 23.2 Å². The number of anilines is 1. The first-order valence-corrected chi connectivity index (χ1v) is 8.49. The van der Waals surface area contributed by atoms with Gasteiger partial charge < -0.3 is 5.73 Å². The Morgan fingerprint density at radius 1 is 1.19 bits per heavy atom. The molecule has 0 fully saturated rings. The lowest BCUT2D eigenvalue weighted by Gasteiger charge is -2.13. The van der Waals surface area contributed by atoms with Gasteiger partial charge in [0, 0.05) is 0 Å². The van der Waals surface area contributed by atoms with Crippen LogP contribution in [0.3, 0.4) is 0 Å². The Bertz CT molecular complexity index is 940. The molecule has 0 bridgehead atoms. The number of benzene rings is 1. The number of nitrogens with zero attached hydrogens (tertiary/aromatic N) is 3. The van der Waals surface area contributed by atoms with Gasteiger partial charge in [0.15, 0.2) is 16.5 Å². The first-order valence-electron chi connectivity index (χ1n) is 6.58. The van der Waals surface area contributed by atoms with E-state index in [4.69, 9.17) is 34.2 Å². The van der Waals surface area contributed by atoms with E-state index in [0.717, 1.165) is 12.1 Å². The second-order valence-corrected chi connectivity index (χ2v) is 7.22. The van der Waals surface area contributed by atoms with Gasteiger partial charge in [0.05, 0.1) is 16.5 Å². The molecule has 0 spiro atoms. The number of alkyl halides is 6. The van der Waals surface area contributed by atoms with Crippen LogP contribution in [0, 0.1) is 11.3 Å². The van der Waals surface area contributed by atoms with Gasteiger partial charge in [-0.2, -0.15) is 36.7 Å². The molecule has 1 aromatic carbocycles. The Balaban J connectivity index is 2.65. The third-order valence-electron chi connectivity index (χ3n) is 3.07. The minimum Gasteiger partial charge on any atom is -0.383 e. The van der Waals surface area contributed by atoms with E-state index in [9.17, 15) is 30.6 Å². The largest absolute Gasteiger partial charge is 0.476 e. The standard InChI is InChI=1S/C13H6Cl2F6N4OS/c14-6-1-5(3-12(16,17)18)2-7(15)9(6)25-11(23)10(8(4-22)24-25)27(26)13(19,20)21/h1-2H,3,23H2. The highest BCUT2D eigenvalue weighted by atomic mass is 35.5. The summed E-state index contributed by atoms with van der Waals surface area (Å²) in [6.07, 6.45) is -5.91. The Hall–Kier alpha value is -1.97. The second kappa shape index (κ2) is 7.21. The van der Waals surface area contributed by atoms with Crippen molar-refractivity contribution in [2.75, 3.05) is 5.73 Å². The van der Waals surface area contributed by atoms with Crippen LogP contribution in [-0.4, -0.2) is 25.7 Å². The summed E-state index contributed by atoms with van der Waals surface area (Å²) in [6.45, 7) is 0. The van der Waals surface area contributed by atoms with Crippen LogP contribution < -0.4 is 5.73 Å². The van der Waals surface area contributed by atoms with Crippen molar-refractivity contribution < 1.29 is 30.6 Å². The van der Waals surface area contributed by atoms with Crippen molar-refractivity contribution in [3.8, 4) is 11.8 Å². The number of nitrogens with two attached hydrogens (primary N) is 1. The number of hydrogen-bond acceptors (Lipinski definition) is 4. The van der Waals surface area contributed by atoms with E-state index in [0.29, 0.717) is 4.68 Å². The van der Waals surface area contributed by atoms with Gasteiger partial charge in [-0.05, 0) is 17.7 Å². The van der Waals surface area contributed by atoms with E-state index in [1.165, 1.54) is 6.07 Å². The molecule has 0 aliphatic rings. The molecule has 27 heavy (non-hydrogen) atoms. The maximum Gasteiger partial charge on any atom is 0.476 e. The average molecular weight is 451 g/mol. The Morgan fingerprint density at radius 3 is 2.11 bits per heavy atom. The van der Waals surface area contributed by atoms with E-state index in [1.807, 2.05) is 0 Å². The molecule has 14 heteroatoms. The van der Waals surface area contributed by atoms with Gasteiger partial charge in [-0.15, -0.1) is 0 Å². The highest BCUT2D eigenvalue weighted by Gasteiger charge is 2.42. The monoisotopic (exact) mass is 450 g/mol. The van der Waals surface area contributed by atoms with Crippen molar-refractivity contribution in [2.45, 2.75) is 23.0 Å². The molecule has 1 heterocycles. The van der Waals surface area contributed by atoms with Crippen LogP contribution in [0.2, 0.25) is 10.0 Å². The van der Waals surface area contributed by atoms with Gasteiger partial charge in [0.2, 0.25) is 0 Å². The molecule has 0 amide bonds. The van der Waals surface area contributed by atoms with E-state index < -0.39 is 55.4 Å². The molecule has 0 aliphatic carbocycles. The summed E-state index contributed by atoms with van der Waals surface area (Å²) in [5, 5.41) is 11.6. The number of aromatic nitrogens is 2. The maximum absolute atomic E-state index is 12.8. The molecule has 0 saturated carbocycles. The van der Waals surface area contributed by atoms with Crippen molar-refractivity contribution in [1.29, 1.82) is 5.26 Å². The fraction of sp³-hybridized carbons (Fsp3) is 0.231. The summed E-state index contributed by atoms with van der Waals surface area (Å²) in [4.78, 5) is -1.10. The van der Waals surface area contributed by atoms with Crippen LogP contribution in [0.25, 0.3) is 5.69 Å². The fourth-order valence-electron chi connectivity index (χ4n) is 2.11. The van der Waals surface area contributed by atoms with E-state index in [-0.39, 0.29) is 11.3 Å². The number of halogens is 8. The lowest BCUT2D eigenvalue weighted by molar-refractivity contribution is -0.127. The molecule has 1 aromatic heterocycles. The molecule has 0 aliphatic heterocycles. The summed E-state index contributed by atoms with van der Waals surface area (Å²) < 4.78 is 87.9. The molecule has 146 valence electrons. The third kappa shape index (κ3) is 4.48. The summed E-state index contributed by atoms with van der Waals surface area (Å²) in [5.74, 6) is -0.838. The molecular weight excluding hydrogens is 445 g/mol. The van der Waals surface area contributed by atoms with Crippen LogP contribution >= 0.6 is 23.2 Å². The maximum atomic E-state index is 12.8. The Kier molecular flexibility index (Phi) is 5.70. The van der Waals surface area contributed by atoms with E-state index in [1.54, 1.807) is 0 Å². The zero-order valence-electron chi connectivity index (χ0n) is 12.6. The molecule has 2 N–H and O–H groups in total. The lowest BCUT2D eigenvalue weighted by Crippen LogP contribution is -2.18. The zero-order chi connectivity index (χ0) is 20.7. The summed E-state index contributed by atoms with van der Waals surface area (Å²) in [6, 6.07) is 3.08. The normalized spacial score (nSPS) is 13.4. The van der Waals surface area contributed by atoms with Crippen LogP contribution in [0.5, 0.6) is 0 Å². The highest BCUT2D eigenvalue weighted by molar-refractivity contribution is 7.86. The van der Waals surface area contributed by atoms with Crippen molar-refractivity contribution >= 4 is 39.8 Å². The summed E-state index contributed by atoms with van der Waals surface area (Å²) >= 11 is 11.8. The van der Waals surface area contributed by atoms with Crippen LogP contribution in [0.15, 0.2) is 17.0 Å². The van der Waals surface area contributed by atoms with Gasteiger partial charge in [-0.3, -0.25) is 0 Å². The summed E-state index contributed by atoms with van der Waals surface area (Å²) in [7, 11) is -3.67. The first kappa shape index (κ1) is 21.3. The smallest absolute Gasteiger partial charge is 0.383 e. The van der Waals surface area contributed by atoms with Gasteiger partial charge in [0.25, 0.3) is 0 Å². The number of nitriles is 1. The highest BCUT2D eigenvalue weighted by Crippen LogP contribution is 2.37. The fourth-order valence-corrected chi connectivity index (χ4v) is 3.58. The molecule has 2 aromatic rings. The number of hydrogen-bond donors (Lipinski definition) is 1. The molecule has 0 radical (unpaired) electrons. The van der Waals surface area contributed by atoms with Crippen LogP contribution in [0.1, 0.15) is 11.3 Å². The van der Waals surface area contributed by atoms with Crippen LogP contribution in [0.4, 0.5) is 32.2 Å². The molecule has 1 atom stereocenters. The molecule has 1 unspecified atom stereocenters. The van der Waals surface area contributed by atoms with Gasteiger partial charge >= 0.3 is 11.7 Å². The Morgan fingerprint density at radius 2 is 1.70 bits per heavy atom. The van der Waals surface area contributed by atoms with Crippen molar-refractivity contribution in [2.24, 2.45) is 0 Å². The minimum atomic E-state index is -5.22. The number of rotatable bonds is 3. The molecule has 5 nitrogen and oxygen atoms in total. The van der Waals surface area contributed by atoms with Crippen molar-refractivity contribution in [1.82, 2.24) is 9.78 Å². The predicted octanol–water partition coefficient (Wildman–Crippen LogP) is 4.37. The first-order chi connectivity index (χ1) is 12.3. The van der Waals surface area contributed by atoms with E-state index >= 15 is 0 Å². The topological polar surface area (TPSA) is 84.7 Å². The second-order valence-electron chi connectivity index (χ2n) is 5.00. The minimum absolute atomic E-state index is 0.313.